The Bertz CT molecular complexity index is 297. The molecule has 11 heavy (non-hydrogen) atoms. The second kappa shape index (κ2) is 3.18. The minimum atomic E-state index is 0.435. The van der Waals surface area contributed by atoms with Crippen LogP contribution in [0.1, 0.15) is 16.7 Å². The van der Waals surface area contributed by atoms with E-state index in [4.69, 9.17) is 11.0 Å². The number of hydrogen-bond acceptors (Lipinski definition) is 2. The van der Waals surface area contributed by atoms with Gasteiger partial charge in [0.25, 0.3) is 0 Å². The molecule has 0 saturated heterocycles. The summed E-state index contributed by atoms with van der Waals surface area (Å²) in [6.45, 7) is 2.35. The molecule has 0 spiro atoms. The Hall–Kier alpha value is -1.33. The predicted molar refractivity (Wildman–Crippen MR) is 43.8 cm³/mol. The van der Waals surface area contributed by atoms with Crippen LogP contribution in [0.4, 0.5) is 0 Å². The fourth-order valence-corrected chi connectivity index (χ4v) is 1.06. The summed E-state index contributed by atoms with van der Waals surface area (Å²) in [7, 11) is 0. The summed E-state index contributed by atoms with van der Waals surface area (Å²) >= 11 is 0. The largest absolute Gasteiger partial charge is 0.326 e. The third-order valence-electron chi connectivity index (χ3n) is 1.69. The van der Waals surface area contributed by atoms with E-state index in [1.165, 1.54) is 0 Å². The van der Waals surface area contributed by atoms with Gasteiger partial charge in [0, 0.05) is 6.54 Å². The molecule has 0 heterocycles. The molecule has 1 aromatic rings. The summed E-state index contributed by atoms with van der Waals surface area (Å²) in [5.74, 6) is 0. The average Bonchev–Trinajstić information content (AvgIpc) is 2.04. The van der Waals surface area contributed by atoms with Crippen molar-refractivity contribution in [3.8, 4) is 6.07 Å². The molecule has 0 aliphatic heterocycles. The summed E-state index contributed by atoms with van der Waals surface area (Å²) in [5, 5.41) is 8.72. The van der Waals surface area contributed by atoms with Crippen LogP contribution in [0.3, 0.4) is 0 Å². The minimum absolute atomic E-state index is 0.435. The van der Waals surface area contributed by atoms with Crippen molar-refractivity contribution in [2.45, 2.75) is 13.5 Å². The molecule has 0 fully saturated rings. The van der Waals surface area contributed by atoms with E-state index in [0.29, 0.717) is 6.54 Å². The molecule has 0 bridgehead atoms. The van der Waals surface area contributed by atoms with Gasteiger partial charge in [0.2, 0.25) is 0 Å². The molecule has 0 atom stereocenters. The van der Waals surface area contributed by atoms with Crippen molar-refractivity contribution in [3.05, 3.63) is 34.9 Å². The summed E-state index contributed by atoms with van der Waals surface area (Å²) in [5.41, 5.74) is 8.08. The van der Waals surface area contributed by atoms with Gasteiger partial charge in [-0.15, -0.1) is 0 Å². The highest BCUT2D eigenvalue weighted by molar-refractivity contribution is 5.43. The van der Waals surface area contributed by atoms with Crippen molar-refractivity contribution in [2.24, 2.45) is 5.73 Å². The molecule has 1 rings (SSSR count). The molecule has 0 amide bonds. The number of hydrogen-bond donors (Lipinski definition) is 1. The number of aryl methyl sites for hydroxylation is 1. The quantitative estimate of drug-likeness (QED) is 0.649. The molecule has 2 heteroatoms. The first-order chi connectivity index (χ1) is 5.29. The monoisotopic (exact) mass is 146 g/mol. The third-order valence-corrected chi connectivity index (χ3v) is 1.69. The lowest BCUT2D eigenvalue weighted by Gasteiger charge is -2.01. The molecule has 0 saturated carbocycles. The number of rotatable bonds is 1. The smallest absolute Gasteiger partial charge is 0.0997 e. The second-order valence-corrected chi connectivity index (χ2v) is 2.42. The van der Waals surface area contributed by atoms with Gasteiger partial charge in [-0.3, -0.25) is 0 Å². The van der Waals surface area contributed by atoms with E-state index in [1.807, 2.05) is 25.1 Å². The van der Waals surface area contributed by atoms with Crippen molar-refractivity contribution in [2.75, 3.05) is 0 Å². The lowest BCUT2D eigenvalue weighted by Crippen LogP contribution is -2.00. The molecule has 0 aliphatic carbocycles. The van der Waals surface area contributed by atoms with Crippen LogP contribution in [-0.2, 0) is 6.54 Å². The van der Waals surface area contributed by atoms with E-state index >= 15 is 0 Å². The van der Waals surface area contributed by atoms with Gasteiger partial charge < -0.3 is 5.73 Å². The minimum Gasteiger partial charge on any atom is -0.326 e. The van der Waals surface area contributed by atoms with Crippen LogP contribution in [0.2, 0.25) is 0 Å². The summed E-state index contributed by atoms with van der Waals surface area (Å²) in [6.07, 6.45) is 0. The molecule has 56 valence electrons. The maximum absolute atomic E-state index is 8.72. The predicted octanol–water partition coefficient (Wildman–Crippen LogP) is 1.33. The molecule has 0 radical (unpaired) electrons. The molecule has 0 aromatic heterocycles. The Morgan fingerprint density at radius 2 is 2.27 bits per heavy atom. The summed E-state index contributed by atoms with van der Waals surface area (Å²) < 4.78 is 0. The second-order valence-electron chi connectivity index (χ2n) is 2.42. The van der Waals surface area contributed by atoms with E-state index in [2.05, 4.69) is 6.07 Å². The fourth-order valence-electron chi connectivity index (χ4n) is 1.06. The normalized spacial score (nSPS) is 9.18. The van der Waals surface area contributed by atoms with Gasteiger partial charge in [0.05, 0.1) is 11.6 Å². The first kappa shape index (κ1) is 7.77. The van der Waals surface area contributed by atoms with Crippen molar-refractivity contribution in [3.63, 3.8) is 0 Å². The molecule has 0 aliphatic rings. The summed E-state index contributed by atoms with van der Waals surface area (Å²) in [4.78, 5) is 0. The molecule has 1 aromatic carbocycles. The van der Waals surface area contributed by atoms with Crippen LogP contribution in [-0.4, -0.2) is 0 Å². The van der Waals surface area contributed by atoms with Gasteiger partial charge >= 0.3 is 0 Å². The lowest BCUT2D eigenvalue weighted by atomic mass is 10.0. The molecule has 2 nitrogen and oxygen atoms in total. The van der Waals surface area contributed by atoms with Crippen LogP contribution < -0.4 is 5.73 Å². The molecule has 0 unspecified atom stereocenters. The number of nitrogens with two attached hydrogens (primary N) is 1. The molecule has 2 N–H and O–H groups in total. The highest BCUT2D eigenvalue weighted by Gasteiger charge is 2.00. The first-order valence-corrected chi connectivity index (χ1v) is 3.48. The Kier molecular flexibility index (Phi) is 2.25. The van der Waals surface area contributed by atoms with E-state index < -0.39 is 0 Å². The zero-order valence-electron chi connectivity index (χ0n) is 6.46. The van der Waals surface area contributed by atoms with Crippen LogP contribution >= 0.6 is 0 Å². The van der Waals surface area contributed by atoms with Crippen molar-refractivity contribution < 1.29 is 0 Å². The molecular weight excluding hydrogens is 136 g/mol. The van der Waals surface area contributed by atoms with Gasteiger partial charge in [-0.25, -0.2) is 0 Å². The maximum atomic E-state index is 8.72. The third kappa shape index (κ3) is 1.39. The fraction of sp³-hybridized carbons (Fsp3) is 0.222. The van der Waals surface area contributed by atoms with E-state index in [1.54, 1.807) is 0 Å². The van der Waals surface area contributed by atoms with Crippen molar-refractivity contribution >= 4 is 0 Å². The zero-order valence-corrected chi connectivity index (χ0v) is 6.46. The van der Waals surface area contributed by atoms with E-state index in [-0.39, 0.29) is 0 Å². The van der Waals surface area contributed by atoms with Crippen LogP contribution in [0, 0.1) is 18.3 Å². The topological polar surface area (TPSA) is 49.8 Å². The van der Waals surface area contributed by atoms with Gasteiger partial charge in [-0.2, -0.15) is 5.26 Å². The number of nitrogens with zero attached hydrogens (tertiary/aromatic N) is 1. The Morgan fingerprint density at radius 1 is 1.55 bits per heavy atom. The first-order valence-electron chi connectivity index (χ1n) is 3.48. The number of benzene rings is 1. The standard InChI is InChI=1S/C9H10N2/c1-7-3-2-4-8(5-10)9(7)6-11/h2-4H,5,10H2,1H3. The SMILES string of the molecule is Cc1cccc(CN)c1C#N. The van der Waals surface area contributed by atoms with Crippen molar-refractivity contribution in [1.82, 2.24) is 0 Å². The van der Waals surface area contributed by atoms with Gasteiger partial charge in [-0.05, 0) is 18.1 Å². The summed E-state index contributed by atoms with van der Waals surface area (Å²) in [6, 6.07) is 7.84. The van der Waals surface area contributed by atoms with Gasteiger partial charge in [0.15, 0.2) is 0 Å². The highest BCUT2D eigenvalue weighted by atomic mass is 14.5. The van der Waals surface area contributed by atoms with Crippen LogP contribution in [0.5, 0.6) is 0 Å². The van der Waals surface area contributed by atoms with Crippen LogP contribution in [0.25, 0.3) is 0 Å². The maximum Gasteiger partial charge on any atom is 0.0997 e. The Morgan fingerprint density at radius 3 is 2.73 bits per heavy atom. The van der Waals surface area contributed by atoms with E-state index in [9.17, 15) is 0 Å². The lowest BCUT2D eigenvalue weighted by molar-refractivity contribution is 1.06. The number of nitriles is 1. The van der Waals surface area contributed by atoms with Gasteiger partial charge in [-0.1, -0.05) is 18.2 Å². The highest BCUT2D eigenvalue weighted by Crippen LogP contribution is 2.11. The Labute approximate surface area is 66.3 Å². The molecular formula is C9H10N2. The zero-order chi connectivity index (χ0) is 8.27. The van der Waals surface area contributed by atoms with Crippen molar-refractivity contribution in [1.29, 1.82) is 5.26 Å². The van der Waals surface area contributed by atoms with Gasteiger partial charge in [0.1, 0.15) is 0 Å². The Balaban J connectivity index is 3.27. The average molecular weight is 146 g/mol. The van der Waals surface area contributed by atoms with E-state index in [0.717, 1.165) is 16.7 Å². The van der Waals surface area contributed by atoms with Crippen LogP contribution in [0.15, 0.2) is 18.2 Å².